The molecule has 0 atom stereocenters. The van der Waals surface area contributed by atoms with Crippen molar-refractivity contribution in [3.05, 3.63) is 38.3 Å². The van der Waals surface area contributed by atoms with Gasteiger partial charge in [-0.3, -0.25) is 9.48 Å². The van der Waals surface area contributed by atoms with Crippen LogP contribution in [0.5, 0.6) is 0 Å². The normalized spacial score (nSPS) is 11.7. The Morgan fingerprint density at radius 1 is 1.43 bits per heavy atom. The highest BCUT2D eigenvalue weighted by Crippen LogP contribution is 2.22. The number of amides is 1. The van der Waals surface area contributed by atoms with Crippen LogP contribution in [0.15, 0.2) is 22.0 Å². The highest BCUT2D eigenvalue weighted by molar-refractivity contribution is 9.11. The first-order valence-corrected chi connectivity index (χ1v) is 8.45. The molecule has 2 aromatic heterocycles. The van der Waals surface area contributed by atoms with E-state index in [0.29, 0.717) is 12.2 Å². The quantitative estimate of drug-likeness (QED) is 0.895. The maximum atomic E-state index is 12.2. The SMILES string of the molecule is Cn1nc(C(C)(C)C)cc1C(=O)NCCc1ccc(Br)s1. The van der Waals surface area contributed by atoms with Gasteiger partial charge >= 0.3 is 0 Å². The smallest absolute Gasteiger partial charge is 0.269 e. The number of thiophene rings is 1. The van der Waals surface area contributed by atoms with E-state index in [0.717, 1.165) is 15.9 Å². The molecule has 0 fully saturated rings. The van der Waals surface area contributed by atoms with Crippen molar-refractivity contribution >= 4 is 33.2 Å². The number of aromatic nitrogens is 2. The summed E-state index contributed by atoms with van der Waals surface area (Å²) < 4.78 is 2.77. The van der Waals surface area contributed by atoms with E-state index in [2.05, 4.69) is 53.2 Å². The van der Waals surface area contributed by atoms with Crippen LogP contribution >= 0.6 is 27.3 Å². The van der Waals surface area contributed by atoms with Crippen LogP contribution in [0.25, 0.3) is 0 Å². The van der Waals surface area contributed by atoms with Crippen molar-refractivity contribution in [1.82, 2.24) is 15.1 Å². The Morgan fingerprint density at radius 2 is 2.14 bits per heavy atom. The van der Waals surface area contributed by atoms with Gasteiger partial charge in [-0.05, 0) is 40.5 Å². The van der Waals surface area contributed by atoms with Gasteiger partial charge in [0.2, 0.25) is 0 Å². The van der Waals surface area contributed by atoms with E-state index in [1.807, 2.05) is 12.1 Å². The van der Waals surface area contributed by atoms with E-state index in [-0.39, 0.29) is 11.3 Å². The number of nitrogens with zero attached hydrogens (tertiary/aromatic N) is 2. The summed E-state index contributed by atoms with van der Waals surface area (Å²) in [6.07, 6.45) is 0.839. The summed E-state index contributed by atoms with van der Waals surface area (Å²) in [6, 6.07) is 5.97. The molecule has 0 bridgehead atoms. The summed E-state index contributed by atoms with van der Waals surface area (Å²) in [6.45, 7) is 6.89. The average molecular weight is 370 g/mol. The topological polar surface area (TPSA) is 46.9 Å². The Hall–Kier alpha value is -1.14. The van der Waals surface area contributed by atoms with Crippen molar-refractivity contribution in [1.29, 1.82) is 0 Å². The first-order chi connectivity index (χ1) is 9.77. The van der Waals surface area contributed by atoms with Gasteiger partial charge in [-0.25, -0.2) is 0 Å². The first-order valence-electron chi connectivity index (χ1n) is 6.84. The third-order valence-electron chi connectivity index (χ3n) is 3.17. The lowest BCUT2D eigenvalue weighted by atomic mass is 9.92. The number of halogens is 1. The molecule has 4 nitrogen and oxygen atoms in total. The van der Waals surface area contributed by atoms with Gasteiger partial charge in [0, 0.05) is 23.9 Å². The van der Waals surface area contributed by atoms with E-state index in [9.17, 15) is 4.79 Å². The van der Waals surface area contributed by atoms with Crippen LogP contribution in [0.3, 0.4) is 0 Å². The maximum Gasteiger partial charge on any atom is 0.269 e. The molecule has 2 aromatic rings. The fourth-order valence-electron chi connectivity index (χ4n) is 1.92. The van der Waals surface area contributed by atoms with E-state index in [1.54, 1.807) is 23.1 Å². The summed E-state index contributed by atoms with van der Waals surface area (Å²) >= 11 is 5.13. The largest absolute Gasteiger partial charge is 0.350 e. The molecule has 0 aliphatic rings. The van der Waals surface area contributed by atoms with Gasteiger partial charge in [0.15, 0.2) is 0 Å². The maximum absolute atomic E-state index is 12.2. The van der Waals surface area contributed by atoms with Gasteiger partial charge in [-0.1, -0.05) is 20.8 Å². The monoisotopic (exact) mass is 369 g/mol. The standard InChI is InChI=1S/C15H20BrN3OS/c1-15(2,3)12-9-11(19(4)18-12)14(20)17-8-7-10-5-6-13(16)21-10/h5-6,9H,7-8H2,1-4H3,(H,17,20). The van der Waals surface area contributed by atoms with Crippen molar-refractivity contribution in [2.75, 3.05) is 6.54 Å². The molecule has 0 unspecified atom stereocenters. The molecule has 0 aromatic carbocycles. The molecule has 21 heavy (non-hydrogen) atoms. The van der Waals surface area contributed by atoms with Crippen molar-refractivity contribution in [2.24, 2.45) is 7.05 Å². The Morgan fingerprint density at radius 3 is 2.67 bits per heavy atom. The highest BCUT2D eigenvalue weighted by atomic mass is 79.9. The van der Waals surface area contributed by atoms with Gasteiger partial charge in [0.25, 0.3) is 5.91 Å². The van der Waals surface area contributed by atoms with Gasteiger partial charge in [0.05, 0.1) is 9.48 Å². The molecule has 0 aliphatic heterocycles. The molecule has 0 radical (unpaired) electrons. The summed E-state index contributed by atoms with van der Waals surface area (Å²) in [5.41, 5.74) is 1.48. The number of aryl methyl sites for hydroxylation is 1. The zero-order valence-electron chi connectivity index (χ0n) is 12.7. The molecule has 1 N–H and O–H groups in total. The second kappa shape index (κ2) is 6.32. The minimum absolute atomic E-state index is 0.0560. The summed E-state index contributed by atoms with van der Waals surface area (Å²) in [5, 5.41) is 7.38. The highest BCUT2D eigenvalue weighted by Gasteiger charge is 2.21. The van der Waals surface area contributed by atoms with Gasteiger partial charge in [0.1, 0.15) is 5.69 Å². The molecule has 1 amide bonds. The lowest BCUT2D eigenvalue weighted by Crippen LogP contribution is -2.27. The zero-order valence-corrected chi connectivity index (χ0v) is 15.1. The minimum atomic E-state index is -0.0730. The second-order valence-corrected chi connectivity index (χ2v) is 8.55. The Kier molecular flexibility index (Phi) is 4.88. The van der Waals surface area contributed by atoms with E-state index < -0.39 is 0 Å². The Labute approximate surface area is 137 Å². The number of hydrogen-bond acceptors (Lipinski definition) is 3. The fourth-order valence-corrected chi connectivity index (χ4v) is 3.40. The van der Waals surface area contributed by atoms with Crippen LogP contribution in [-0.2, 0) is 18.9 Å². The first kappa shape index (κ1) is 16.2. The molecule has 2 heterocycles. The molecular formula is C15H20BrN3OS. The van der Waals surface area contributed by atoms with Gasteiger partial charge in [-0.2, -0.15) is 5.10 Å². The van der Waals surface area contributed by atoms with Crippen LogP contribution in [0.4, 0.5) is 0 Å². The fraction of sp³-hybridized carbons (Fsp3) is 0.467. The van der Waals surface area contributed by atoms with Gasteiger partial charge in [-0.15, -0.1) is 11.3 Å². The number of carbonyl (C=O) groups excluding carboxylic acids is 1. The lowest BCUT2D eigenvalue weighted by molar-refractivity contribution is 0.0945. The van der Waals surface area contributed by atoms with Crippen molar-refractivity contribution in [3.63, 3.8) is 0 Å². The van der Waals surface area contributed by atoms with E-state index in [1.165, 1.54) is 4.88 Å². The molecule has 114 valence electrons. The van der Waals surface area contributed by atoms with Crippen LogP contribution in [0.1, 0.15) is 41.8 Å². The predicted octanol–water partition coefficient (Wildman–Crippen LogP) is 3.51. The lowest BCUT2D eigenvalue weighted by Gasteiger charge is -2.13. The number of rotatable bonds is 4. The summed E-state index contributed by atoms with van der Waals surface area (Å²) in [4.78, 5) is 13.5. The molecule has 0 saturated carbocycles. The van der Waals surface area contributed by atoms with Crippen LogP contribution in [-0.4, -0.2) is 22.2 Å². The van der Waals surface area contributed by atoms with Crippen molar-refractivity contribution < 1.29 is 4.79 Å². The Bertz CT molecular complexity index is 640. The number of hydrogen-bond donors (Lipinski definition) is 1. The van der Waals surface area contributed by atoms with Gasteiger partial charge < -0.3 is 5.32 Å². The van der Waals surface area contributed by atoms with Crippen molar-refractivity contribution in [3.8, 4) is 0 Å². The number of carbonyl (C=O) groups is 1. The molecule has 0 aliphatic carbocycles. The average Bonchev–Trinajstić information content (AvgIpc) is 2.95. The minimum Gasteiger partial charge on any atom is -0.350 e. The van der Waals surface area contributed by atoms with Crippen molar-refractivity contribution in [2.45, 2.75) is 32.6 Å². The summed E-state index contributed by atoms with van der Waals surface area (Å²) in [5.74, 6) is -0.0730. The zero-order chi connectivity index (χ0) is 15.6. The molecule has 0 saturated heterocycles. The molecular weight excluding hydrogens is 350 g/mol. The Balaban J connectivity index is 1.96. The van der Waals surface area contributed by atoms with Crippen LogP contribution in [0.2, 0.25) is 0 Å². The molecule has 6 heteroatoms. The third-order valence-corrected chi connectivity index (χ3v) is 4.85. The molecule has 2 rings (SSSR count). The third kappa shape index (κ3) is 4.17. The van der Waals surface area contributed by atoms with Crippen LogP contribution < -0.4 is 5.32 Å². The van der Waals surface area contributed by atoms with E-state index in [4.69, 9.17) is 0 Å². The van der Waals surface area contributed by atoms with Crippen LogP contribution in [0, 0.1) is 0 Å². The number of nitrogens with one attached hydrogen (secondary N) is 1. The molecule has 0 spiro atoms. The second-order valence-electron chi connectivity index (χ2n) is 6.00. The predicted molar refractivity (Wildman–Crippen MR) is 90.0 cm³/mol. The summed E-state index contributed by atoms with van der Waals surface area (Å²) in [7, 11) is 1.81. The van der Waals surface area contributed by atoms with E-state index >= 15 is 0 Å².